The number of thiol groups is 1. The van der Waals surface area contributed by atoms with Crippen molar-refractivity contribution >= 4 is 79.0 Å². The van der Waals surface area contributed by atoms with Crippen LogP contribution in [0.4, 0.5) is 30.4 Å². The third-order valence-corrected chi connectivity index (χ3v) is 7.10. The van der Waals surface area contributed by atoms with Crippen molar-refractivity contribution in [1.82, 2.24) is 19.9 Å². The van der Waals surface area contributed by atoms with E-state index in [4.69, 9.17) is 23.8 Å². The summed E-state index contributed by atoms with van der Waals surface area (Å²) in [6.45, 7) is 2.28. The van der Waals surface area contributed by atoms with Crippen LogP contribution in [-0.2, 0) is 17.1 Å². The minimum Gasteiger partial charge on any atom is -0.352 e. The summed E-state index contributed by atoms with van der Waals surface area (Å²) in [6, 6.07) is 8.98. The second kappa shape index (κ2) is 9.84. The molecule has 5 rings (SSSR count). The Morgan fingerprint density at radius 1 is 1.05 bits per heavy atom. The Labute approximate surface area is 220 Å². The molecule has 2 aromatic carbocycles. The van der Waals surface area contributed by atoms with Gasteiger partial charge in [0.15, 0.2) is 5.11 Å². The zero-order valence-corrected chi connectivity index (χ0v) is 21.3. The van der Waals surface area contributed by atoms with E-state index in [-0.39, 0.29) is 10.5 Å². The standard InChI is InChI=1S/C22H19ClF3N7O2S2/c23-16-9-14-17(10-15(16)22(24,25)26)30-19-18(14)20(28-11-27-19)32-5-7-33(8-6-32)21(36)29-12-1-3-13(4-2-12)31-37(34)35/h1-4,9-11,37H,5-8H2,(H,29,36)(H,27,28,30)(H,31,34,35). The van der Waals surface area contributed by atoms with Gasteiger partial charge in [0, 0.05) is 48.5 Å². The molecule has 2 aromatic heterocycles. The predicted octanol–water partition coefficient (Wildman–Crippen LogP) is 4.24. The molecular weight excluding hydrogens is 551 g/mol. The Morgan fingerprint density at radius 3 is 2.38 bits per heavy atom. The Morgan fingerprint density at radius 2 is 1.73 bits per heavy atom. The summed E-state index contributed by atoms with van der Waals surface area (Å²) < 4.78 is 63.8. The fourth-order valence-corrected chi connectivity index (χ4v) is 5.18. The molecule has 0 amide bonds. The van der Waals surface area contributed by atoms with E-state index in [1.54, 1.807) is 24.3 Å². The molecule has 1 fully saturated rings. The van der Waals surface area contributed by atoms with E-state index in [0.29, 0.717) is 64.9 Å². The normalized spacial score (nSPS) is 14.5. The molecule has 0 saturated carbocycles. The Bertz CT molecular complexity index is 1560. The molecule has 1 aliphatic rings. The number of aromatic amines is 1. The summed E-state index contributed by atoms with van der Waals surface area (Å²) in [5, 5.41) is 4.40. The number of H-pyrrole nitrogens is 1. The van der Waals surface area contributed by atoms with Crippen LogP contribution in [-0.4, -0.2) is 59.6 Å². The molecule has 0 unspecified atom stereocenters. The number of nitrogens with one attached hydrogen (secondary N) is 3. The van der Waals surface area contributed by atoms with Crippen LogP contribution in [0.15, 0.2) is 42.7 Å². The van der Waals surface area contributed by atoms with Crippen LogP contribution in [0, 0.1) is 0 Å². The lowest BCUT2D eigenvalue weighted by molar-refractivity contribution is -0.137. The first kappa shape index (κ1) is 25.3. The lowest BCUT2D eigenvalue weighted by Gasteiger charge is -2.37. The largest absolute Gasteiger partial charge is 0.417 e. The molecule has 0 radical (unpaired) electrons. The van der Waals surface area contributed by atoms with Gasteiger partial charge in [-0.15, -0.1) is 0 Å². The first-order valence-electron chi connectivity index (χ1n) is 11.0. The minimum absolute atomic E-state index is 0.279. The van der Waals surface area contributed by atoms with Gasteiger partial charge < -0.3 is 20.1 Å². The van der Waals surface area contributed by atoms with Crippen LogP contribution in [0.3, 0.4) is 0 Å². The van der Waals surface area contributed by atoms with Crippen molar-refractivity contribution in [1.29, 1.82) is 0 Å². The molecule has 37 heavy (non-hydrogen) atoms. The Balaban J connectivity index is 1.32. The first-order valence-corrected chi connectivity index (χ1v) is 12.9. The minimum atomic E-state index is -4.57. The number of rotatable bonds is 4. The zero-order chi connectivity index (χ0) is 26.3. The molecule has 3 N–H and O–H groups in total. The SMILES string of the molecule is O=[SH](=O)Nc1ccc(NC(=S)N2CCN(c3ncnc4[nH]c5cc(C(F)(F)F)c(Cl)cc5c34)CC2)cc1. The van der Waals surface area contributed by atoms with Gasteiger partial charge in [0.05, 0.1) is 16.0 Å². The van der Waals surface area contributed by atoms with E-state index in [1.165, 1.54) is 12.4 Å². The maximum Gasteiger partial charge on any atom is 0.417 e. The molecule has 1 saturated heterocycles. The van der Waals surface area contributed by atoms with Crippen molar-refractivity contribution in [2.24, 2.45) is 0 Å². The maximum atomic E-state index is 13.3. The van der Waals surface area contributed by atoms with E-state index in [1.807, 2.05) is 9.80 Å². The highest BCUT2D eigenvalue weighted by Crippen LogP contribution is 2.40. The fourth-order valence-electron chi connectivity index (χ4n) is 4.24. The molecule has 0 spiro atoms. The summed E-state index contributed by atoms with van der Waals surface area (Å²) in [6.07, 6.45) is -3.20. The second-order valence-electron chi connectivity index (χ2n) is 8.27. The van der Waals surface area contributed by atoms with Gasteiger partial charge in [-0.2, -0.15) is 13.2 Å². The highest BCUT2D eigenvalue weighted by atomic mass is 35.5. The number of piperazine rings is 1. The van der Waals surface area contributed by atoms with Crippen molar-refractivity contribution < 1.29 is 21.6 Å². The molecule has 0 aliphatic carbocycles. The van der Waals surface area contributed by atoms with E-state index in [2.05, 4.69) is 25.0 Å². The van der Waals surface area contributed by atoms with Crippen molar-refractivity contribution in [3.63, 3.8) is 0 Å². The van der Waals surface area contributed by atoms with Crippen molar-refractivity contribution in [3.8, 4) is 0 Å². The van der Waals surface area contributed by atoms with Crippen LogP contribution in [0.1, 0.15) is 5.56 Å². The van der Waals surface area contributed by atoms with Gasteiger partial charge in [-0.1, -0.05) is 11.6 Å². The van der Waals surface area contributed by atoms with Gasteiger partial charge in [0.2, 0.25) is 10.9 Å². The number of hydrogen-bond donors (Lipinski definition) is 4. The monoisotopic (exact) mass is 569 g/mol. The van der Waals surface area contributed by atoms with Gasteiger partial charge in [-0.05, 0) is 48.6 Å². The zero-order valence-electron chi connectivity index (χ0n) is 18.8. The number of hydrogen-bond acceptors (Lipinski definition) is 6. The molecule has 3 heterocycles. The van der Waals surface area contributed by atoms with Gasteiger partial charge in [-0.3, -0.25) is 4.72 Å². The number of anilines is 3. The lowest BCUT2D eigenvalue weighted by Crippen LogP contribution is -2.50. The summed E-state index contributed by atoms with van der Waals surface area (Å²) in [5.74, 6) is 0.602. The third-order valence-electron chi connectivity index (χ3n) is 5.99. The topological polar surface area (TPSA) is 106 Å². The third kappa shape index (κ3) is 5.22. The Kier molecular flexibility index (Phi) is 6.72. The number of thiocarbonyl (C=S) groups is 1. The fraction of sp³-hybridized carbons (Fsp3) is 0.227. The van der Waals surface area contributed by atoms with Crippen LogP contribution in [0.5, 0.6) is 0 Å². The molecular formula is C22H19ClF3N7O2S2. The summed E-state index contributed by atoms with van der Waals surface area (Å²) in [5.41, 5.74) is 0.954. The maximum absolute atomic E-state index is 13.3. The summed E-state index contributed by atoms with van der Waals surface area (Å²) in [7, 11) is -2.73. The van der Waals surface area contributed by atoms with Crippen LogP contribution >= 0.6 is 23.8 Å². The van der Waals surface area contributed by atoms with Gasteiger partial charge >= 0.3 is 6.18 Å². The number of benzene rings is 2. The molecule has 194 valence electrons. The van der Waals surface area contributed by atoms with Crippen molar-refractivity contribution in [2.75, 3.05) is 41.1 Å². The second-order valence-corrected chi connectivity index (χ2v) is 9.80. The van der Waals surface area contributed by atoms with E-state index in [9.17, 15) is 21.6 Å². The van der Waals surface area contributed by atoms with E-state index in [0.717, 1.165) is 6.07 Å². The van der Waals surface area contributed by atoms with Gasteiger partial charge in [0.25, 0.3) is 0 Å². The predicted molar refractivity (Wildman–Crippen MR) is 142 cm³/mol. The average Bonchev–Trinajstić information content (AvgIpc) is 3.21. The van der Waals surface area contributed by atoms with Crippen molar-refractivity contribution in [2.45, 2.75) is 6.18 Å². The Hall–Kier alpha value is -3.36. The van der Waals surface area contributed by atoms with Crippen molar-refractivity contribution in [3.05, 3.63) is 53.3 Å². The lowest BCUT2D eigenvalue weighted by atomic mass is 10.1. The summed E-state index contributed by atoms with van der Waals surface area (Å²) >= 11 is 11.5. The quantitative estimate of drug-likeness (QED) is 0.214. The van der Waals surface area contributed by atoms with Gasteiger partial charge in [-0.25, -0.2) is 18.4 Å². The molecule has 0 bridgehead atoms. The number of alkyl halides is 3. The number of fused-ring (bicyclic) bond motifs is 3. The highest BCUT2D eigenvalue weighted by Gasteiger charge is 2.34. The molecule has 4 aromatic rings. The molecule has 9 nitrogen and oxygen atoms in total. The number of halogens is 4. The van der Waals surface area contributed by atoms with Gasteiger partial charge in [0.1, 0.15) is 17.8 Å². The molecule has 1 aliphatic heterocycles. The van der Waals surface area contributed by atoms with Crippen LogP contribution in [0.25, 0.3) is 21.9 Å². The van der Waals surface area contributed by atoms with Crippen LogP contribution < -0.4 is 14.9 Å². The molecule has 0 atom stereocenters. The smallest absolute Gasteiger partial charge is 0.352 e. The number of aromatic nitrogens is 3. The van der Waals surface area contributed by atoms with E-state index >= 15 is 0 Å². The first-order chi connectivity index (χ1) is 17.6. The highest BCUT2D eigenvalue weighted by molar-refractivity contribution is 7.80. The number of nitrogens with zero attached hydrogens (tertiary/aromatic N) is 4. The van der Waals surface area contributed by atoms with E-state index < -0.39 is 22.6 Å². The molecule has 15 heteroatoms. The summed E-state index contributed by atoms with van der Waals surface area (Å²) in [4.78, 5) is 15.6. The van der Waals surface area contributed by atoms with Crippen LogP contribution in [0.2, 0.25) is 5.02 Å². The average molecular weight is 570 g/mol.